The molecule has 2 aliphatic rings. The molecule has 1 fully saturated rings. The van der Waals surface area contributed by atoms with E-state index in [1.54, 1.807) is 0 Å². The summed E-state index contributed by atoms with van der Waals surface area (Å²) >= 11 is 6.09. The molecule has 4 rings (SSSR count). The Morgan fingerprint density at radius 1 is 1.20 bits per heavy atom. The lowest BCUT2D eigenvalue weighted by molar-refractivity contribution is 0.617. The minimum absolute atomic E-state index is 0.643. The van der Waals surface area contributed by atoms with Crippen molar-refractivity contribution >= 4 is 11.6 Å². The van der Waals surface area contributed by atoms with Crippen molar-refractivity contribution in [2.45, 2.75) is 31.7 Å². The van der Waals surface area contributed by atoms with E-state index in [1.165, 1.54) is 29.8 Å². The summed E-state index contributed by atoms with van der Waals surface area (Å²) in [6, 6.07) is 7.82. The number of nitrogens with one attached hydrogen (secondary N) is 1. The maximum absolute atomic E-state index is 6.09. The minimum Gasteiger partial charge on any atom is -0.312 e. The lowest BCUT2D eigenvalue weighted by atomic mass is 10.0. The predicted molar refractivity (Wildman–Crippen MR) is 79.9 cm³/mol. The third-order valence-electron chi connectivity index (χ3n) is 4.01. The smallest absolute Gasteiger partial charge is 0.159 e. The van der Waals surface area contributed by atoms with Crippen molar-refractivity contribution in [1.82, 2.24) is 15.3 Å². The van der Waals surface area contributed by atoms with Gasteiger partial charge in [-0.15, -0.1) is 0 Å². The van der Waals surface area contributed by atoms with E-state index in [0.717, 1.165) is 35.9 Å². The van der Waals surface area contributed by atoms with E-state index in [-0.39, 0.29) is 0 Å². The van der Waals surface area contributed by atoms with Gasteiger partial charge in [-0.05, 0) is 25.0 Å². The first-order valence-electron chi connectivity index (χ1n) is 7.17. The summed E-state index contributed by atoms with van der Waals surface area (Å²) in [5.74, 6) is 1.47. The Labute approximate surface area is 123 Å². The summed E-state index contributed by atoms with van der Waals surface area (Å²) in [5.41, 5.74) is 4.83. The number of hydrogen-bond donors (Lipinski definition) is 1. The number of halogens is 1. The second-order valence-electron chi connectivity index (χ2n) is 5.57. The van der Waals surface area contributed by atoms with Crippen LogP contribution in [0.5, 0.6) is 0 Å². The second kappa shape index (κ2) is 4.83. The quantitative estimate of drug-likeness (QED) is 0.920. The molecule has 0 radical (unpaired) electrons. The average molecular weight is 286 g/mol. The molecule has 0 spiro atoms. The third-order valence-corrected chi connectivity index (χ3v) is 4.25. The second-order valence-corrected chi connectivity index (χ2v) is 6.01. The molecule has 0 bridgehead atoms. The van der Waals surface area contributed by atoms with E-state index in [9.17, 15) is 0 Å². The maximum atomic E-state index is 6.09. The van der Waals surface area contributed by atoms with Crippen LogP contribution in [-0.4, -0.2) is 16.5 Å². The van der Waals surface area contributed by atoms with Crippen LogP contribution in [0.25, 0.3) is 11.4 Å². The van der Waals surface area contributed by atoms with Gasteiger partial charge in [0.25, 0.3) is 0 Å². The molecular weight excluding hydrogens is 270 g/mol. The zero-order valence-corrected chi connectivity index (χ0v) is 12.0. The highest BCUT2D eigenvalue weighted by Gasteiger charge is 2.30. The van der Waals surface area contributed by atoms with Crippen molar-refractivity contribution < 1.29 is 0 Å². The zero-order valence-electron chi connectivity index (χ0n) is 11.2. The first-order chi connectivity index (χ1) is 9.81. The van der Waals surface area contributed by atoms with Crippen LogP contribution >= 0.6 is 11.6 Å². The molecule has 1 saturated carbocycles. The van der Waals surface area contributed by atoms with Gasteiger partial charge in [-0.3, -0.25) is 0 Å². The molecule has 3 nitrogen and oxygen atoms in total. The Morgan fingerprint density at radius 2 is 2.10 bits per heavy atom. The standard InChI is InChI=1S/C16H16ClN3/c17-12-3-1-2-11(8-12)16-19-14-6-7-18-9-13(14)15(20-16)10-4-5-10/h1-3,8,10,18H,4-7,9H2. The van der Waals surface area contributed by atoms with Crippen molar-refractivity contribution in [3.8, 4) is 11.4 Å². The highest BCUT2D eigenvalue weighted by atomic mass is 35.5. The Balaban J connectivity index is 1.86. The van der Waals surface area contributed by atoms with E-state index in [4.69, 9.17) is 21.6 Å². The number of benzene rings is 1. The molecule has 1 aliphatic carbocycles. The van der Waals surface area contributed by atoms with Gasteiger partial charge in [-0.1, -0.05) is 23.7 Å². The molecule has 0 unspecified atom stereocenters. The van der Waals surface area contributed by atoms with Crippen LogP contribution in [0.1, 0.15) is 35.7 Å². The fraction of sp³-hybridized carbons (Fsp3) is 0.375. The summed E-state index contributed by atoms with van der Waals surface area (Å²) in [5, 5.41) is 4.17. The van der Waals surface area contributed by atoms with E-state index >= 15 is 0 Å². The summed E-state index contributed by atoms with van der Waals surface area (Å²) in [6.45, 7) is 1.92. The molecule has 2 aromatic rings. The van der Waals surface area contributed by atoms with E-state index in [0.29, 0.717) is 5.92 Å². The fourth-order valence-corrected chi connectivity index (χ4v) is 3.01. The fourth-order valence-electron chi connectivity index (χ4n) is 2.82. The van der Waals surface area contributed by atoms with Crippen LogP contribution in [0.2, 0.25) is 5.02 Å². The Kier molecular flexibility index (Phi) is 2.97. The van der Waals surface area contributed by atoms with E-state index in [1.807, 2.05) is 24.3 Å². The van der Waals surface area contributed by atoms with Crippen molar-refractivity contribution in [2.24, 2.45) is 0 Å². The Hall–Kier alpha value is -1.45. The molecular formula is C16H16ClN3. The first-order valence-corrected chi connectivity index (χ1v) is 7.55. The molecule has 20 heavy (non-hydrogen) atoms. The van der Waals surface area contributed by atoms with Crippen LogP contribution < -0.4 is 5.32 Å². The zero-order chi connectivity index (χ0) is 13.5. The van der Waals surface area contributed by atoms with Crippen LogP contribution in [0.15, 0.2) is 24.3 Å². The van der Waals surface area contributed by atoms with Crippen molar-refractivity contribution in [2.75, 3.05) is 6.54 Å². The molecule has 102 valence electrons. The number of rotatable bonds is 2. The lowest BCUT2D eigenvalue weighted by Crippen LogP contribution is -2.26. The van der Waals surface area contributed by atoms with Crippen molar-refractivity contribution in [1.29, 1.82) is 0 Å². The van der Waals surface area contributed by atoms with Crippen LogP contribution in [0.3, 0.4) is 0 Å². The number of hydrogen-bond acceptors (Lipinski definition) is 3. The Bertz CT molecular complexity index is 665. The monoisotopic (exact) mass is 285 g/mol. The van der Waals surface area contributed by atoms with Gasteiger partial charge in [0, 0.05) is 41.6 Å². The molecule has 1 N–H and O–H groups in total. The molecule has 1 aromatic heterocycles. The van der Waals surface area contributed by atoms with Crippen LogP contribution in [0, 0.1) is 0 Å². The van der Waals surface area contributed by atoms with Gasteiger partial charge >= 0.3 is 0 Å². The molecule has 0 saturated heterocycles. The van der Waals surface area contributed by atoms with E-state index in [2.05, 4.69) is 5.32 Å². The van der Waals surface area contributed by atoms with Crippen molar-refractivity contribution in [3.63, 3.8) is 0 Å². The Morgan fingerprint density at radius 3 is 2.90 bits per heavy atom. The highest BCUT2D eigenvalue weighted by molar-refractivity contribution is 6.30. The normalized spacial score (nSPS) is 17.9. The van der Waals surface area contributed by atoms with Gasteiger partial charge < -0.3 is 5.32 Å². The van der Waals surface area contributed by atoms with E-state index < -0.39 is 0 Å². The maximum Gasteiger partial charge on any atom is 0.159 e. The molecule has 1 aromatic carbocycles. The van der Waals surface area contributed by atoms with Crippen LogP contribution in [-0.2, 0) is 13.0 Å². The summed E-state index contributed by atoms with van der Waals surface area (Å²) in [4.78, 5) is 9.64. The lowest BCUT2D eigenvalue weighted by Gasteiger charge is -2.20. The predicted octanol–water partition coefficient (Wildman–Crippen LogP) is 3.32. The topological polar surface area (TPSA) is 37.8 Å². The highest BCUT2D eigenvalue weighted by Crippen LogP contribution is 2.42. The SMILES string of the molecule is Clc1cccc(-c2nc3c(c(C4CC4)n2)CNCC3)c1. The summed E-state index contributed by atoms with van der Waals surface area (Å²) in [7, 11) is 0. The molecule has 0 amide bonds. The van der Waals surface area contributed by atoms with Gasteiger partial charge in [0.1, 0.15) is 0 Å². The van der Waals surface area contributed by atoms with Gasteiger partial charge in [-0.25, -0.2) is 9.97 Å². The van der Waals surface area contributed by atoms with Crippen molar-refractivity contribution in [3.05, 3.63) is 46.2 Å². The average Bonchev–Trinajstić information content (AvgIpc) is 3.31. The van der Waals surface area contributed by atoms with Gasteiger partial charge in [0.15, 0.2) is 5.82 Å². The number of nitrogens with zero attached hydrogens (tertiary/aromatic N) is 2. The molecule has 0 atom stereocenters. The van der Waals surface area contributed by atoms with Gasteiger partial charge in [0.2, 0.25) is 0 Å². The number of fused-ring (bicyclic) bond motifs is 1. The summed E-state index contributed by atoms with van der Waals surface area (Å²) in [6.07, 6.45) is 3.52. The third kappa shape index (κ3) is 2.21. The minimum atomic E-state index is 0.643. The molecule has 2 heterocycles. The molecule has 1 aliphatic heterocycles. The first kappa shape index (κ1) is 12.3. The van der Waals surface area contributed by atoms with Gasteiger partial charge in [-0.2, -0.15) is 0 Å². The largest absolute Gasteiger partial charge is 0.312 e. The van der Waals surface area contributed by atoms with Crippen LogP contribution in [0.4, 0.5) is 0 Å². The number of aromatic nitrogens is 2. The summed E-state index contributed by atoms with van der Waals surface area (Å²) < 4.78 is 0. The van der Waals surface area contributed by atoms with Gasteiger partial charge in [0.05, 0.1) is 11.4 Å². The molecule has 4 heteroatoms.